The number of carbonyl (C=O) groups is 2. The largest absolute Gasteiger partial charge is 0.416 e. The lowest BCUT2D eigenvalue weighted by Gasteiger charge is -2.45. The lowest BCUT2D eigenvalue weighted by atomic mass is 9.65. The van der Waals surface area contributed by atoms with Crippen molar-refractivity contribution in [3.8, 4) is 11.3 Å². The maximum Gasteiger partial charge on any atom is 0.416 e. The number of amides is 2. The second-order valence-electron chi connectivity index (χ2n) is 8.27. The molecule has 10 heteroatoms. The molecule has 2 heterocycles. The fourth-order valence-corrected chi connectivity index (χ4v) is 4.69. The number of benzene rings is 1. The van der Waals surface area contributed by atoms with Crippen molar-refractivity contribution in [3.05, 3.63) is 48.0 Å². The van der Waals surface area contributed by atoms with E-state index in [0.29, 0.717) is 18.7 Å². The maximum atomic E-state index is 12.9. The van der Waals surface area contributed by atoms with E-state index in [0.717, 1.165) is 31.4 Å². The number of aromatic nitrogens is 2. The molecule has 1 aliphatic heterocycles. The van der Waals surface area contributed by atoms with Gasteiger partial charge in [0.15, 0.2) is 0 Å². The number of alkyl halides is 3. The number of hydrogen-bond donors (Lipinski definition) is 2. The molecule has 0 unspecified atom stereocenters. The van der Waals surface area contributed by atoms with E-state index < -0.39 is 17.6 Å². The van der Waals surface area contributed by atoms with Gasteiger partial charge in [-0.2, -0.15) is 18.3 Å². The van der Waals surface area contributed by atoms with Gasteiger partial charge >= 0.3 is 6.18 Å². The molecule has 2 aromatic rings. The zero-order valence-corrected chi connectivity index (χ0v) is 16.7. The second kappa shape index (κ2) is 7.14. The Kier molecular flexibility index (Phi) is 4.83. The van der Waals surface area contributed by atoms with Crippen molar-refractivity contribution in [3.63, 3.8) is 0 Å². The SMILES string of the molecule is C=CC(=O)N1CCC2(CC(n3nc(-c4ccc(C(F)(F)F)cc4)c(C(N)=O)c3N)C2)C1. The highest BCUT2D eigenvalue weighted by Crippen LogP contribution is 2.54. The minimum Gasteiger partial charge on any atom is -0.383 e. The number of carbonyl (C=O) groups excluding carboxylic acids is 2. The summed E-state index contributed by atoms with van der Waals surface area (Å²) in [7, 11) is 0. The van der Waals surface area contributed by atoms with Gasteiger partial charge in [-0.05, 0) is 42.9 Å². The fraction of sp³-hybridized carbons (Fsp3) is 0.381. The Balaban J connectivity index is 1.59. The lowest BCUT2D eigenvalue weighted by molar-refractivity contribution is -0.137. The molecule has 31 heavy (non-hydrogen) atoms. The van der Waals surface area contributed by atoms with E-state index >= 15 is 0 Å². The van der Waals surface area contributed by atoms with Crippen molar-refractivity contribution >= 4 is 17.6 Å². The van der Waals surface area contributed by atoms with Gasteiger partial charge in [0.25, 0.3) is 5.91 Å². The van der Waals surface area contributed by atoms with E-state index in [9.17, 15) is 22.8 Å². The Hall–Kier alpha value is -3.30. The molecule has 1 aromatic carbocycles. The smallest absolute Gasteiger partial charge is 0.383 e. The Morgan fingerprint density at radius 2 is 1.87 bits per heavy atom. The van der Waals surface area contributed by atoms with E-state index in [1.807, 2.05) is 0 Å². The Morgan fingerprint density at radius 1 is 1.23 bits per heavy atom. The lowest BCUT2D eigenvalue weighted by Crippen LogP contribution is -2.42. The van der Waals surface area contributed by atoms with Crippen LogP contribution in [0.4, 0.5) is 19.0 Å². The summed E-state index contributed by atoms with van der Waals surface area (Å²) in [5.41, 5.74) is 11.3. The van der Waals surface area contributed by atoms with Gasteiger partial charge in [-0.25, -0.2) is 4.68 Å². The van der Waals surface area contributed by atoms with E-state index in [-0.39, 0.29) is 34.4 Å². The highest BCUT2D eigenvalue weighted by molar-refractivity contribution is 6.03. The summed E-state index contributed by atoms with van der Waals surface area (Å²) < 4.78 is 40.1. The van der Waals surface area contributed by atoms with Gasteiger partial charge in [0, 0.05) is 18.7 Å². The molecule has 0 atom stereocenters. The molecule has 2 fully saturated rings. The average molecular weight is 433 g/mol. The number of nitrogens with zero attached hydrogens (tertiary/aromatic N) is 3. The summed E-state index contributed by atoms with van der Waals surface area (Å²) in [5.74, 6) is -0.796. The second-order valence-corrected chi connectivity index (χ2v) is 8.27. The quantitative estimate of drug-likeness (QED) is 0.723. The highest BCUT2D eigenvalue weighted by atomic mass is 19.4. The molecule has 2 aliphatic rings. The van der Waals surface area contributed by atoms with E-state index in [4.69, 9.17) is 11.5 Å². The van der Waals surface area contributed by atoms with Gasteiger partial charge in [0.2, 0.25) is 5.91 Å². The first kappa shape index (κ1) is 21.0. The third-order valence-electron chi connectivity index (χ3n) is 6.29. The number of hydrogen-bond acceptors (Lipinski definition) is 4. The van der Waals surface area contributed by atoms with Crippen LogP contribution in [-0.2, 0) is 11.0 Å². The first-order valence-corrected chi connectivity index (χ1v) is 9.81. The third kappa shape index (κ3) is 3.55. The Morgan fingerprint density at radius 3 is 2.42 bits per heavy atom. The molecule has 164 valence electrons. The van der Waals surface area contributed by atoms with Gasteiger partial charge in [0.1, 0.15) is 17.1 Å². The van der Waals surface area contributed by atoms with Crippen LogP contribution in [0.15, 0.2) is 36.9 Å². The number of nitrogen functional groups attached to an aromatic ring is 1. The van der Waals surface area contributed by atoms with Gasteiger partial charge < -0.3 is 16.4 Å². The predicted octanol–water partition coefficient (Wildman–Crippen LogP) is 2.99. The molecule has 4 rings (SSSR count). The van der Waals surface area contributed by atoms with Crippen molar-refractivity contribution in [2.45, 2.75) is 31.5 Å². The molecule has 0 radical (unpaired) electrons. The van der Waals surface area contributed by atoms with Crippen molar-refractivity contribution in [1.82, 2.24) is 14.7 Å². The van der Waals surface area contributed by atoms with Gasteiger partial charge in [-0.15, -0.1) is 0 Å². The minimum absolute atomic E-state index is 0.00408. The number of likely N-dealkylation sites (tertiary alicyclic amines) is 1. The Bertz CT molecular complexity index is 1050. The van der Waals surface area contributed by atoms with Crippen LogP contribution in [0, 0.1) is 5.41 Å². The molecule has 1 aliphatic carbocycles. The van der Waals surface area contributed by atoms with Crippen molar-refractivity contribution < 1.29 is 22.8 Å². The minimum atomic E-state index is -4.47. The number of rotatable bonds is 4. The van der Waals surface area contributed by atoms with Crippen LogP contribution in [0.1, 0.15) is 41.2 Å². The number of primary amides is 1. The van der Waals surface area contributed by atoms with E-state index in [2.05, 4.69) is 11.7 Å². The first-order chi connectivity index (χ1) is 14.5. The molecule has 1 spiro atoms. The summed E-state index contributed by atoms with van der Waals surface area (Å²) in [4.78, 5) is 25.7. The maximum absolute atomic E-state index is 12.9. The van der Waals surface area contributed by atoms with Crippen LogP contribution in [-0.4, -0.2) is 39.6 Å². The van der Waals surface area contributed by atoms with Crippen molar-refractivity contribution in [2.75, 3.05) is 18.8 Å². The molecule has 1 saturated carbocycles. The summed E-state index contributed by atoms with van der Waals surface area (Å²) in [6.07, 6.45) is -0.852. The zero-order chi connectivity index (χ0) is 22.6. The van der Waals surface area contributed by atoms with Crippen LogP contribution >= 0.6 is 0 Å². The molecular weight excluding hydrogens is 411 g/mol. The Labute approximate surface area is 176 Å². The summed E-state index contributed by atoms with van der Waals surface area (Å²) in [6, 6.07) is 4.27. The molecule has 1 aromatic heterocycles. The summed E-state index contributed by atoms with van der Waals surface area (Å²) >= 11 is 0. The number of anilines is 1. The van der Waals surface area contributed by atoms with Crippen molar-refractivity contribution in [2.24, 2.45) is 11.1 Å². The predicted molar refractivity (Wildman–Crippen MR) is 108 cm³/mol. The molecule has 4 N–H and O–H groups in total. The average Bonchev–Trinajstić information content (AvgIpc) is 3.27. The molecular formula is C21H22F3N5O2. The monoisotopic (exact) mass is 433 g/mol. The van der Waals surface area contributed by atoms with E-state index in [1.54, 1.807) is 4.90 Å². The van der Waals surface area contributed by atoms with Crippen LogP contribution < -0.4 is 11.5 Å². The standard InChI is InChI=1S/C21H22F3N5O2/c1-2-15(30)28-8-7-20(11-28)9-14(10-20)29-18(25)16(19(26)31)17(27-29)12-3-5-13(6-4-12)21(22,23)24/h2-6,14H,1,7-11,25H2,(H2,26,31). The molecule has 1 saturated heterocycles. The van der Waals surface area contributed by atoms with Crippen LogP contribution in [0.5, 0.6) is 0 Å². The highest BCUT2D eigenvalue weighted by Gasteiger charge is 2.50. The third-order valence-corrected chi connectivity index (χ3v) is 6.29. The molecule has 0 bridgehead atoms. The number of halogens is 3. The van der Waals surface area contributed by atoms with Crippen LogP contribution in [0.3, 0.4) is 0 Å². The van der Waals surface area contributed by atoms with Gasteiger partial charge in [-0.3, -0.25) is 9.59 Å². The number of nitrogens with two attached hydrogens (primary N) is 2. The zero-order valence-electron chi connectivity index (χ0n) is 16.7. The first-order valence-electron chi connectivity index (χ1n) is 9.81. The molecule has 7 nitrogen and oxygen atoms in total. The normalized spacial score (nSPS) is 23.1. The summed E-state index contributed by atoms with van der Waals surface area (Å²) in [5, 5.41) is 4.45. The van der Waals surface area contributed by atoms with Crippen LogP contribution in [0.2, 0.25) is 0 Å². The fourth-order valence-electron chi connectivity index (χ4n) is 4.69. The topological polar surface area (TPSA) is 107 Å². The van der Waals surface area contributed by atoms with Crippen molar-refractivity contribution in [1.29, 1.82) is 0 Å². The van der Waals surface area contributed by atoms with Gasteiger partial charge in [-0.1, -0.05) is 18.7 Å². The van der Waals surface area contributed by atoms with Gasteiger partial charge in [0.05, 0.1) is 11.6 Å². The molecule has 2 amide bonds. The summed E-state index contributed by atoms with van der Waals surface area (Å²) in [6.45, 7) is 4.81. The van der Waals surface area contributed by atoms with E-state index in [1.165, 1.54) is 22.9 Å². The van der Waals surface area contributed by atoms with Crippen LogP contribution in [0.25, 0.3) is 11.3 Å².